The molecule has 0 amide bonds. The smallest absolute Gasteiger partial charge is 0.182 e. The molecule has 0 bridgehead atoms. The van der Waals surface area contributed by atoms with Crippen LogP contribution in [0.3, 0.4) is 0 Å². The van der Waals surface area contributed by atoms with Crippen LogP contribution in [0, 0.1) is 13.8 Å². The Kier molecular flexibility index (Phi) is 9.65. The van der Waals surface area contributed by atoms with Crippen LogP contribution in [0.4, 0.5) is 5.82 Å². The number of nitrogens with zero attached hydrogens (tertiary/aromatic N) is 5. The predicted octanol–water partition coefficient (Wildman–Crippen LogP) is 10.6. The van der Waals surface area contributed by atoms with Crippen LogP contribution in [0.25, 0.3) is 55.5 Å². The molecule has 0 saturated heterocycles. The first-order valence-corrected chi connectivity index (χ1v) is 17.4. The second-order valence-electron chi connectivity index (χ2n) is 12.6. The van der Waals surface area contributed by atoms with Crippen LogP contribution < -0.4 is 11.1 Å². The Morgan fingerprint density at radius 1 is 0.667 bits per heavy atom. The highest BCUT2D eigenvalue weighted by molar-refractivity contribution is 6.33. The minimum Gasteiger partial charge on any atom is -0.362 e. The van der Waals surface area contributed by atoms with Crippen molar-refractivity contribution in [1.82, 2.24) is 29.9 Å². The maximum atomic E-state index is 6.56. The number of nitrogens with one attached hydrogen (secondary N) is 2. The van der Waals surface area contributed by atoms with Crippen LogP contribution in [0.1, 0.15) is 48.2 Å². The van der Waals surface area contributed by atoms with Gasteiger partial charge in [0.15, 0.2) is 11.5 Å². The van der Waals surface area contributed by atoms with E-state index in [0.717, 1.165) is 72.1 Å². The van der Waals surface area contributed by atoms with Crippen molar-refractivity contribution in [2.75, 3.05) is 5.32 Å². The van der Waals surface area contributed by atoms with Crippen LogP contribution in [0.5, 0.6) is 0 Å². The fourth-order valence-electron chi connectivity index (χ4n) is 6.30. The van der Waals surface area contributed by atoms with E-state index in [1.807, 2.05) is 61.5 Å². The molecule has 0 aliphatic carbocycles. The molecule has 8 rings (SSSR count). The molecule has 4 aromatic carbocycles. The first-order chi connectivity index (χ1) is 24.7. The van der Waals surface area contributed by atoms with Gasteiger partial charge in [-0.05, 0) is 68.7 Å². The quantitative estimate of drug-likeness (QED) is 0.157. The Morgan fingerprint density at radius 3 is 1.78 bits per heavy atom. The summed E-state index contributed by atoms with van der Waals surface area (Å²) in [5.41, 5.74) is 17.4. The minimum absolute atomic E-state index is 0.0879. The number of aromatic amines is 1. The molecule has 51 heavy (non-hydrogen) atoms. The van der Waals surface area contributed by atoms with Crippen molar-refractivity contribution in [3.63, 3.8) is 0 Å². The van der Waals surface area contributed by atoms with Crippen LogP contribution in [-0.4, -0.2) is 29.9 Å². The molecular weight excluding hydrogens is 675 g/mol. The number of nitrogens with two attached hydrogens (primary N) is 1. The van der Waals surface area contributed by atoms with Gasteiger partial charge in [0.2, 0.25) is 0 Å². The molecular formula is C41H36Cl2N8. The molecule has 8 aromatic rings. The summed E-state index contributed by atoms with van der Waals surface area (Å²) in [5.74, 6) is 0.694. The lowest BCUT2D eigenvalue weighted by atomic mass is 9.97. The van der Waals surface area contributed by atoms with Gasteiger partial charge in [0.25, 0.3) is 0 Å². The maximum absolute atomic E-state index is 6.56. The largest absolute Gasteiger partial charge is 0.362 e. The van der Waals surface area contributed by atoms with Gasteiger partial charge >= 0.3 is 0 Å². The van der Waals surface area contributed by atoms with Gasteiger partial charge in [-0.25, -0.2) is 24.9 Å². The van der Waals surface area contributed by atoms with Crippen molar-refractivity contribution in [3.05, 3.63) is 142 Å². The van der Waals surface area contributed by atoms with Crippen LogP contribution >= 0.6 is 23.2 Å². The van der Waals surface area contributed by atoms with Crippen LogP contribution in [0.2, 0.25) is 10.0 Å². The fourth-order valence-corrected chi connectivity index (χ4v) is 6.75. The van der Waals surface area contributed by atoms with Crippen molar-refractivity contribution >= 4 is 62.0 Å². The number of benzene rings is 4. The molecule has 4 aromatic heterocycles. The Morgan fingerprint density at radius 2 is 1.22 bits per heavy atom. The van der Waals surface area contributed by atoms with E-state index in [1.54, 1.807) is 6.33 Å². The molecule has 8 nitrogen and oxygen atoms in total. The molecule has 2 unspecified atom stereocenters. The van der Waals surface area contributed by atoms with Gasteiger partial charge in [0, 0.05) is 43.5 Å². The molecule has 4 N–H and O–H groups in total. The number of fused-ring (bicyclic) bond motifs is 3. The third kappa shape index (κ3) is 6.86. The fraction of sp³-hybridized carbons (Fsp3) is 0.146. The van der Waals surface area contributed by atoms with E-state index >= 15 is 0 Å². The minimum atomic E-state index is -0.103. The lowest BCUT2D eigenvalue weighted by molar-refractivity contribution is 0.817. The third-order valence-corrected chi connectivity index (χ3v) is 9.60. The molecule has 0 spiro atoms. The monoisotopic (exact) mass is 710 g/mol. The molecule has 0 saturated carbocycles. The first kappa shape index (κ1) is 34.1. The van der Waals surface area contributed by atoms with Gasteiger partial charge < -0.3 is 16.0 Å². The van der Waals surface area contributed by atoms with Crippen molar-refractivity contribution in [2.24, 2.45) is 5.73 Å². The normalized spacial score (nSPS) is 12.5. The number of H-pyrrole nitrogens is 1. The summed E-state index contributed by atoms with van der Waals surface area (Å²) in [4.78, 5) is 25.8. The zero-order valence-corrected chi connectivity index (χ0v) is 30.1. The Balaban J connectivity index is 0.000000170. The number of pyridine rings is 2. The Labute approximate surface area is 306 Å². The average Bonchev–Trinajstić information content (AvgIpc) is 3.62. The van der Waals surface area contributed by atoms with E-state index < -0.39 is 0 Å². The third-order valence-electron chi connectivity index (χ3n) is 8.95. The standard InChI is InChI=1S/C23H19ClN6.C18H17ClN2/c1-13-6-5-7-15-10-17(20(30-19(13)15)16-8-3-4-9-18(16)24)14(2)29-23-21-22(26-11-25-21)27-12-28-23;1-11-6-5-7-13-10-15(12(2)20)18(21-17(11)13)14-8-3-4-9-16(14)19/h3-12,14H,1-2H3,(H2,25,26,27,28,29);3-10,12H,20H2,1-2H3. The number of rotatable bonds is 6. The van der Waals surface area contributed by atoms with Gasteiger partial charge in [-0.2, -0.15) is 0 Å². The summed E-state index contributed by atoms with van der Waals surface area (Å²) in [6.45, 7) is 8.20. The number of anilines is 1. The van der Waals surface area contributed by atoms with Crippen molar-refractivity contribution in [3.8, 4) is 22.5 Å². The lowest BCUT2D eigenvalue weighted by Gasteiger charge is -2.20. The highest BCUT2D eigenvalue weighted by Crippen LogP contribution is 2.37. The number of para-hydroxylation sites is 2. The number of hydrogen-bond acceptors (Lipinski definition) is 7. The van der Waals surface area contributed by atoms with Crippen molar-refractivity contribution in [1.29, 1.82) is 0 Å². The molecule has 0 aliphatic heterocycles. The van der Waals surface area contributed by atoms with E-state index in [2.05, 4.69) is 88.5 Å². The molecule has 0 radical (unpaired) electrons. The molecule has 254 valence electrons. The number of halogens is 2. The van der Waals surface area contributed by atoms with E-state index in [0.29, 0.717) is 21.5 Å². The summed E-state index contributed by atoms with van der Waals surface area (Å²) >= 11 is 12.9. The highest BCUT2D eigenvalue weighted by atomic mass is 35.5. The van der Waals surface area contributed by atoms with E-state index in [9.17, 15) is 0 Å². The lowest BCUT2D eigenvalue weighted by Crippen LogP contribution is -2.11. The zero-order chi connectivity index (χ0) is 35.6. The van der Waals surface area contributed by atoms with E-state index in [4.69, 9.17) is 38.9 Å². The predicted molar refractivity (Wildman–Crippen MR) is 210 cm³/mol. The summed E-state index contributed by atoms with van der Waals surface area (Å²) < 4.78 is 0. The van der Waals surface area contributed by atoms with Gasteiger partial charge in [0.05, 0.1) is 34.8 Å². The van der Waals surface area contributed by atoms with Gasteiger partial charge in [-0.15, -0.1) is 0 Å². The van der Waals surface area contributed by atoms with Gasteiger partial charge in [-0.3, -0.25) is 0 Å². The van der Waals surface area contributed by atoms with Gasteiger partial charge in [0.1, 0.15) is 11.8 Å². The van der Waals surface area contributed by atoms with Crippen LogP contribution in [-0.2, 0) is 0 Å². The summed E-state index contributed by atoms with van der Waals surface area (Å²) in [6.07, 6.45) is 3.12. The van der Waals surface area contributed by atoms with Gasteiger partial charge in [-0.1, -0.05) is 96.0 Å². The number of aryl methyl sites for hydroxylation is 2. The topological polar surface area (TPSA) is 118 Å². The average molecular weight is 712 g/mol. The molecule has 0 fully saturated rings. The Bertz CT molecular complexity index is 2530. The molecule has 2 atom stereocenters. The second-order valence-corrected chi connectivity index (χ2v) is 13.4. The second kappa shape index (κ2) is 14.4. The van der Waals surface area contributed by atoms with Crippen LogP contribution in [0.15, 0.2) is 110 Å². The molecule has 0 aliphatic rings. The van der Waals surface area contributed by atoms with Crippen molar-refractivity contribution in [2.45, 2.75) is 39.8 Å². The summed E-state index contributed by atoms with van der Waals surface area (Å²) in [7, 11) is 0. The SMILES string of the molecule is Cc1cccc2cc(C(C)N)c(-c3ccccc3Cl)nc12.Cc1cccc2cc(C(C)Nc3ncnc4nc[nH]c34)c(-c3ccccc3Cl)nc12. The number of aromatic nitrogens is 6. The molecule has 4 heterocycles. The van der Waals surface area contributed by atoms with E-state index in [1.165, 1.54) is 6.33 Å². The zero-order valence-electron chi connectivity index (χ0n) is 28.6. The first-order valence-electron chi connectivity index (χ1n) is 16.7. The number of imidazole rings is 1. The molecule has 10 heteroatoms. The maximum Gasteiger partial charge on any atom is 0.182 e. The van der Waals surface area contributed by atoms with Crippen molar-refractivity contribution < 1.29 is 0 Å². The summed E-state index contributed by atoms with van der Waals surface area (Å²) in [5, 5.41) is 7.05. The number of hydrogen-bond donors (Lipinski definition) is 3. The highest BCUT2D eigenvalue weighted by Gasteiger charge is 2.20. The van der Waals surface area contributed by atoms with E-state index in [-0.39, 0.29) is 12.1 Å². The Hall–Kier alpha value is -5.41. The summed E-state index contributed by atoms with van der Waals surface area (Å²) in [6, 6.07) is 32.0.